The second-order valence-corrected chi connectivity index (χ2v) is 6.52. The van der Waals surface area contributed by atoms with E-state index in [2.05, 4.69) is 4.72 Å². The Hall–Kier alpha value is -2.21. The largest absolute Gasteiger partial charge is 0.497 e. The summed E-state index contributed by atoms with van der Waals surface area (Å²) in [7, 11) is -0.871. The van der Waals surface area contributed by atoms with Gasteiger partial charge in [0.25, 0.3) is 10.0 Å². The van der Waals surface area contributed by atoms with Crippen molar-refractivity contribution in [2.24, 2.45) is 0 Å². The fraction of sp³-hybridized carbons (Fsp3) is 0.250. The zero-order valence-electron chi connectivity index (χ0n) is 13.0. The Morgan fingerprint density at radius 1 is 1.00 bits per heavy atom. The molecule has 0 amide bonds. The number of aryl methyl sites for hydroxylation is 1. The number of hydrogen-bond donors (Lipinski definition) is 1. The van der Waals surface area contributed by atoms with Gasteiger partial charge in [-0.2, -0.15) is 0 Å². The number of ether oxygens (including phenoxy) is 2. The second kappa shape index (κ2) is 6.27. The van der Waals surface area contributed by atoms with E-state index in [-0.39, 0.29) is 10.6 Å². The van der Waals surface area contributed by atoms with Crippen LogP contribution in [0.5, 0.6) is 11.5 Å². The quantitative estimate of drug-likeness (QED) is 0.919. The summed E-state index contributed by atoms with van der Waals surface area (Å²) in [5, 5.41) is 0. The van der Waals surface area contributed by atoms with Gasteiger partial charge in [-0.3, -0.25) is 4.72 Å². The number of anilines is 1. The van der Waals surface area contributed by atoms with Crippen LogP contribution in [0.25, 0.3) is 0 Å². The van der Waals surface area contributed by atoms with E-state index in [4.69, 9.17) is 9.47 Å². The monoisotopic (exact) mass is 321 g/mol. The highest BCUT2D eigenvalue weighted by atomic mass is 32.2. The molecular formula is C16H19NO4S. The highest BCUT2D eigenvalue weighted by Gasteiger charge is 2.21. The van der Waals surface area contributed by atoms with E-state index in [0.717, 1.165) is 11.1 Å². The van der Waals surface area contributed by atoms with Crippen molar-refractivity contribution >= 4 is 15.7 Å². The third kappa shape index (κ3) is 3.17. The Morgan fingerprint density at radius 3 is 2.36 bits per heavy atom. The number of hydrogen-bond acceptors (Lipinski definition) is 4. The SMILES string of the molecule is COc1ccc(OC)c(S(=O)(=O)Nc2cccc(C)c2C)c1. The molecule has 0 atom stereocenters. The zero-order chi connectivity index (χ0) is 16.3. The van der Waals surface area contributed by atoms with Gasteiger partial charge in [-0.25, -0.2) is 8.42 Å². The standard InChI is InChI=1S/C16H19NO4S/c1-11-6-5-7-14(12(11)2)17-22(18,19)16-10-13(20-3)8-9-15(16)21-4/h5-10,17H,1-4H3. The predicted molar refractivity (Wildman–Crippen MR) is 86.3 cm³/mol. The molecule has 2 aromatic rings. The molecule has 6 heteroatoms. The smallest absolute Gasteiger partial charge is 0.265 e. The van der Waals surface area contributed by atoms with Crippen molar-refractivity contribution in [2.75, 3.05) is 18.9 Å². The first-order chi connectivity index (χ1) is 10.4. The second-order valence-electron chi connectivity index (χ2n) is 4.87. The van der Waals surface area contributed by atoms with Crippen LogP contribution in [0.15, 0.2) is 41.3 Å². The number of nitrogens with one attached hydrogen (secondary N) is 1. The highest BCUT2D eigenvalue weighted by molar-refractivity contribution is 7.92. The molecule has 0 unspecified atom stereocenters. The fourth-order valence-corrected chi connectivity index (χ4v) is 3.36. The summed E-state index contributed by atoms with van der Waals surface area (Å²) in [6.07, 6.45) is 0. The molecule has 2 rings (SSSR count). The molecule has 0 aliphatic heterocycles. The van der Waals surface area contributed by atoms with Gasteiger partial charge in [0, 0.05) is 6.07 Å². The molecule has 0 aromatic heterocycles. The van der Waals surface area contributed by atoms with E-state index >= 15 is 0 Å². The lowest BCUT2D eigenvalue weighted by atomic mass is 10.1. The molecule has 0 fully saturated rings. The average Bonchev–Trinajstić information content (AvgIpc) is 2.51. The topological polar surface area (TPSA) is 64.6 Å². The van der Waals surface area contributed by atoms with Crippen LogP contribution in [0.1, 0.15) is 11.1 Å². The Kier molecular flexibility index (Phi) is 4.61. The fourth-order valence-electron chi connectivity index (χ4n) is 2.06. The summed E-state index contributed by atoms with van der Waals surface area (Å²) in [6.45, 7) is 3.80. The van der Waals surface area contributed by atoms with Crippen molar-refractivity contribution in [1.29, 1.82) is 0 Å². The van der Waals surface area contributed by atoms with Crippen LogP contribution in [0.4, 0.5) is 5.69 Å². The Labute approximate surface area is 130 Å². The van der Waals surface area contributed by atoms with Crippen LogP contribution in [0, 0.1) is 13.8 Å². The molecule has 22 heavy (non-hydrogen) atoms. The molecule has 0 saturated carbocycles. The van der Waals surface area contributed by atoms with Crippen molar-refractivity contribution in [3.63, 3.8) is 0 Å². The maximum Gasteiger partial charge on any atom is 0.265 e. The van der Waals surface area contributed by atoms with E-state index in [1.807, 2.05) is 26.0 Å². The molecule has 0 saturated heterocycles. The predicted octanol–water partition coefficient (Wildman–Crippen LogP) is 3.12. The molecule has 0 aliphatic rings. The molecule has 5 nitrogen and oxygen atoms in total. The van der Waals surface area contributed by atoms with Crippen LogP contribution in [-0.4, -0.2) is 22.6 Å². The van der Waals surface area contributed by atoms with Crippen LogP contribution in [0.3, 0.4) is 0 Å². The van der Waals surface area contributed by atoms with Crippen molar-refractivity contribution in [1.82, 2.24) is 0 Å². The molecule has 0 spiro atoms. The molecule has 0 bridgehead atoms. The van der Waals surface area contributed by atoms with E-state index < -0.39 is 10.0 Å². The first kappa shape index (κ1) is 16.2. The van der Waals surface area contributed by atoms with Gasteiger partial charge in [0.2, 0.25) is 0 Å². The highest BCUT2D eigenvalue weighted by Crippen LogP contribution is 2.30. The lowest BCUT2D eigenvalue weighted by molar-refractivity contribution is 0.392. The maximum absolute atomic E-state index is 12.7. The van der Waals surface area contributed by atoms with Gasteiger partial charge in [0.05, 0.1) is 19.9 Å². The number of methoxy groups -OCH3 is 2. The molecule has 118 valence electrons. The summed E-state index contributed by atoms with van der Waals surface area (Å²) >= 11 is 0. The van der Waals surface area contributed by atoms with Crippen molar-refractivity contribution < 1.29 is 17.9 Å². The van der Waals surface area contributed by atoms with Gasteiger partial charge in [0.15, 0.2) is 0 Å². The van der Waals surface area contributed by atoms with Crippen LogP contribution >= 0.6 is 0 Å². The van der Waals surface area contributed by atoms with Crippen LogP contribution < -0.4 is 14.2 Å². The molecule has 0 radical (unpaired) electrons. The van der Waals surface area contributed by atoms with Crippen molar-refractivity contribution in [3.8, 4) is 11.5 Å². The minimum atomic E-state index is -3.78. The zero-order valence-corrected chi connectivity index (χ0v) is 13.8. The summed E-state index contributed by atoms with van der Waals surface area (Å²) in [5.41, 5.74) is 2.44. The molecule has 0 aliphatic carbocycles. The van der Waals surface area contributed by atoms with Crippen LogP contribution in [-0.2, 0) is 10.0 Å². The first-order valence-electron chi connectivity index (χ1n) is 6.70. The number of rotatable bonds is 5. The average molecular weight is 321 g/mol. The van der Waals surface area contributed by atoms with E-state index in [1.165, 1.54) is 20.3 Å². The van der Waals surface area contributed by atoms with Gasteiger partial charge in [-0.1, -0.05) is 12.1 Å². The van der Waals surface area contributed by atoms with Gasteiger partial charge >= 0.3 is 0 Å². The number of sulfonamides is 1. The van der Waals surface area contributed by atoms with Crippen molar-refractivity contribution in [3.05, 3.63) is 47.5 Å². The third-order valence-electron chi connectivity index (χ3n) is 3.51. The normalized spacial score (nSPS) is 11.1. The van der Waals surface area contributed by atoms with Gasteiger partial charge < -0.3 is 9.47 Å². The lowest BCUT2D eigenvalue weighted by Gasteiger charge is -2.15. The first-order valence-corrected chi connectivity index (χ1v) is 8.18. The van der Waals surface area contributed by atoms with Crippen molar-refractivity contribution in [2.45, 2.75) is 18.7 Å². The van der Waals surface area contributed by atoms with Gasteiger partial charge in [-0.05, 0) is 43.2 Å². The Morgan fingerprint density at radius 2 is 1.73 bits per heavy atom. The summed E-state index contributed by atoms with van der Waals surface area (Å²) < 4.78 is 38.2. The van der Waals surface area contributed by atoms with Crippen LogP contribution in [0.2, 0.25) is 0 Å². The Balaban J connectivity index is 2.48. The number of benzene rings is 2. The maximum atomic E-state index is 12.7. The summed E-state index contributed by atoms with van der Waals surface area (Å²) in [5.74, 6) is 0.709. The van der Waals surface area contributed by atoms with E-state index in [0.29, 0.717) is 11.4 Å². The molecular weight excluding hydrogens is 302 g/mol. The minimum absolute atomic E-state index is 0.0373. The van der Waals surface area contributed by atoms with E-state index in [9.17, 15) is 8.42 Å². The summed E-state index contributed by atoms with van der Waals surface area (Å²) in [6, 6.07) is 10.1. The minimum Gasteiger partial charge on any atom is -0.497 e. The van der Waals surface area contributed by atoms with E-state index in [1.54, 1.807) is 18.2 Å². The molecule has 0 heterocycles. The Bertz CT molecular complexity index is 785. The molecule has 2 aromatic carbocycles. The lowest BCUT2D eigenvalue weighted by Crippen LogP contribution is -2.15. The van der Waals surface area contributed by atoms with Gasteiger partial charge in [-0.15, -0.1) is 0 Å². The third-order valence-corrected chi connectivity index (χ3v) is 4.90. The summed E-state index contributed by atoms with van der Waals surface area (Å²) in [4.78, 5) is 0.0373. The van der Waals surface area contributed by atoms with Gasteiger partial charge in [0.1, 0.15) is 16.4 Å². The molecule has 1 N–H and O–H groups in total.